The summed E-state index contributed by atoms with van der Waals surface area (Å²) in [6.45, 7) is 0.499. The first-order chi connectivity index (χ1) is 15.2. The minimum atomic E-state index is -3.42. The number of carbonyl (C=O) groups is 2. The third-order valence-electron chi connectivity index (χ3n) is 5.60. The minimum Gasteiger partial charge on any atom is -0.478 e. The standard InChI is InChI=1S/C23H24BrF2NO5/c24-18-3-1-2-17(14-18)23(25,26)20(28)9-8-19-11-13-32-22(31)27(19)12-10-15-4-6-16(7-5-15)21(29)30/h1-7,14,19-20,28H,8-13H2,(H,29,30)/t19-,20+/m0/s1. The van der Waals surface area contributed by atoms with Crippen LogP contribution >= 0.6 is 15.9 Å². The Bertz CT molecular complexity index is 954. The molecule has 1 aliphatic heterocycles. The number of aliphatic hydroxyl groups excluding tert-OH is 1. The quantitative estimate of drug-likeness (QED) is 0.503. The average molecular weight is 512 g/mol. The Morgan fingerprint density at radius 2 is 1.97 bits per heavy atom. The zero-order valence-corrected chi connectivity index (χ0v) is 18.8. The van der Waals surface area contributed by atoms with Gasteiger partial charge in [0.1, 0.15) is 6.10 Å². The molecule has 0 bridgehead atoms. The van der Waals surface area contributed by atoms with Crippen molar-refractivity contribution in [3.63, 3.8) is 0 Å². The number of carboxylic acids is 1. The van der Waals surface area contributed by atoms with Gasteiger partial charge in [0.05, 0.1) is 12.2 Å². The topological polar surface area (TPSA) is 87.1 Å². The van der Waals surface area contributed by atoms with Crippen LogP contribution in [0.2, 0.25) is 0 Å². The first kappa shape index (κ1) is 24.1. The SMILES string of the molecule is O=C(O)c1ccc(CCN2C(=O)OCC[C@@H]2CC[C@@H](O)C(F)(F)c2cccc(Br)c2)cc1. The molecule has 0 unspecified atom stereocenters. The van der Waals surface area contributed by atoms with Gasteiger partial charge in [-0.15, -0.1) is 0 Å². The lowest BCUT2D eigenvalue weighted by Gasteiger charge is -2.36. The second-order valence-electron chi connectivity index (χ2n) is 7.73. The predicted octanol–water partition coefficient (Wildman–Crippen LogP) is 4.83. The molecule has 172 valence electrons. The van der Waals surface area contributed by atoms with Crippen molar-refractivity contribution < 1.29 is 33.3 Å². The number of hydrogen-bond acceptors (Lipinski definition) is 4. The van der Waals surface area contributed by atoms with E-state index in [4.69, 9.17) is 9.84 Å². The van der Waals surface area contributed by atoms with Crippen molar-refractivity contribution >= 4 is 28.0 Å². The third kappa shape index (κ3) is 5.83. The van der Waals surface area contributed by atoms with E-state index in [2.05, 4.69) is 15.9 Å². The molecule has 0 aromatic heterocycles. The molecule has 2 atom stereocenters. The summed E-state index contributed by atoms with van der Waals surface area (Å²) < 4.78 is 35.0. The van der Waals surface area contributed by atoms with Crippen LogP contribution in [0.15, 0.2) is 53.0 Å². The predicted molar refractivity (Wildman–Crippen MR) is 117 cm³/mol. The Hall–Kier alpha value is -2.52. The number of aliphatic hydroxyl groups is 1. The highest BCUT2D eigenvalue weighted by molar-refractivity contribution is 9.10. The van der Waals surface area contributed by atoms with Crippen LogP contribution in [0.25, 0.3) is 0 Å². The zero-order valence-electron chi connectivity index (χ0n) is 17.2. The molecule has 32 heavy (non-hydrogen) atoms. The third-order valence-corrected chi connectivity index (χ3v) is 6.09. The van der Waals surface area contributed by atoms with Crippen molar-refractivity contribution in [2.45, 2.75) is 43.8 Å². The molecular formula is C23H24BrF2NO5. The van der Waals surface area contributed by atoms with Crippen LogP contribution in [0.1, 0.15) is 40.7 Å². The van der Waals surface area contributed by atoms with Gasteiger partial charge in [0.2, 0.25) is 0 Å². The first-order valence-corrected chi connectivity index (χ1v) is 11.1. The molecule has 1 heterocycles. The van der Waals surface area contributed by atoms with Crippen LogP contribution in [-0.2, 0) is 17.1 Å². The Morgan fingerprint density at radius 3 is 2.62 bits per heavy atom. The molecule has 9 heteroatoms. The number of halogens is 3. The van der Waals surface area contributed by atoms with Crippen LogP contribution in [-0.4, -0.2) is 52.5 Å². The summed E-state index contributed by atoms with van der Waals surface area (Å²) in [7, 11) is 0. The second-order valence-corrected chi connectivity index (χ2v) is 8.64. The minimum absolute atomic E-state index is 0.171. The summed E-state index contributed by atoms with van der Waals surface area (Å²) in [4.78, 5) is 24.7. The number of cyclic esters (lactones) is 1. The lowest BCUT2D eigenvalue weighted by molar-refractivity contribution is -0.120. The lowest BCUT2D eigenvalue weighted by Crippen LogP contribution is -2.47. The van der Waals surface area contributed by atoms with Crippen molar-refractivity contribution in [1.29, 1.82) is 0 Å². The van der Waals surface area contributed by atoms with E-state index in [0.29, 0.717) is 23.9 Å². The van der Waals surface area contributed by atoms with Crippen molar-refractivity contribution in [2.75, 3.05) is 13.2 Å². The second kappa shape index (κ2) is 10.4. The Balaban J connectivity index is 1.61. The summed E-state index contributed by atoms with van der Waals surface area (Å²) >= 11 is 3.17. The fourth-order valence-corrected chi connectivity index (χ4v) is 4.13. The molecule has 1 saturated heterocycles. The number of carbonyl (C=O) groups excluding carboxylic acids is 1. The van der Waals surface area contributed by atoms with E-state index in [1.807, 2.05) is 0 Å². The monoisotopic (exact) mass is 511 g/mol. The maximum absolute atomic E-state index is 14.7. The summed E-state index contributed by atoms with van der Waals surface area (Å²) in [6, 6.07) is 11.7. The molecule has 3 rings (SSSR count). The zero-order chi connectivity index (χ0) is 23.3. The number of rotatable bonds is 9. The largest absolute Gasteiger partial charge is 0.478 e. The number of alkyl halides is 2. The summed E-state index contributed by atoms with van der Waals surface area (Å²) in [5.74, 6) is -4.44. The Labute approximate surface area is 192 Å². The van der Waals surface area contributed by atoms with Gasteiger partial charge in [-0.3, -0.25) is 0 Å². The number of ether oxygens (including phenoxy) is 1. The molecular weight excluding hydrogens is 488 g/mol. The van der Waals surface area contributed by atoms with Gasteiger partial charge in [-0.05, 0) is 49.1 Å². The van der Waals surface area contributed by atoms with Crippen molar-refractivity contribution in [2.24, 2.45) is 0 Å². The van der Waals surface area contributed by atoms with E-state index in [1.54, 1.807) is 18.2 Å². The van der Waals surface area contributed by atoms with Gasteiger partial charge in [-0.25, -0.2) is 9.59 Å². The van der Waals surface area contributed by atoms with Gasteiger partial charge < -0.3 is 19.8 Å². The summed E-state index contributed by atoms with van der Waals surface area (Å²) in [5.41, 5.74) is 0.738. The highest BCUT2D eigenvalue weighted by Gasteiger charge is 2.41. The van der Waals surface area contributed by atoms with Gasteiger partial charge in [-0.1, -0.05) is 40.2 Å². The Kier molecular flexibility index (Phi) is 7.84. The van der Waals surface area contributed by atoms with E-state index in [-0.39, 0.29) is 36.6 Å². The van der Waals surface area contributed by atoms with Crippen molar-refractivity contribution in [1.82, 2.24) is 4.90 Å². The van der Waals surface area contributed by atoms with Crippen LogP contribution < -0.4 is 0 Å². The van der Waals surface area contributed by atoms with E-state index in [9.17, 15) is 23.5 Å². The Morgan fingerprint density at radius 1 is 1.25 bits per heavy atom. The summed E-state index contributed by atoms with van der Waals surface area (Å²) in [5, 5.41) is 19.2. The van der Waals surface area contributed by atoms with Gasteiger partial charge in [-0.2, -0.15) is 8.78 Å². The first-order valence-electron chi connectivity index (χ1n) is 10.3. The highest BCUT2D eigenvalue weighted by Crippen LogP contribution is 2.35. The molecule has 6 nitrogen and oxygen atoms in total. The normalized spacial score (nSPS) is 17.7. The molecule has 1 amide bonds. The fraction of sp³-hybridized carbons (Fsp3) is 0.391. The molecule has 2 aromatic carbocycles. The van der Waals surface area contributed by atoms with Crippen molar-refractivity contribution in [3.05, 3.63) is 69.7 Å². The molecule has 2 N–H and O–H groups in total. The molecule has 1 aliphatic rings. The lowest BCUT2D eigenvalue weighted by atomic mass is 9.96. The number of carboxylic acid groups (broad SMARTS) is 1. The van der Waals surface area contributed by atoms with E-state index in [0.717, 1.165) is 5.56 Å². The summed E-state index contributed by atoms with van der Waals surface area (Å²) in [6.07, 6.45) is -1.43. The maximum Gasteiger partial charge on any atom is 0.410 e. The van der Waals surface area contributed by atoms with E-state index >= 15 is 0 Å². The van der Waals surface area contributed by atoms with Crippen molar-refractivity contribution in [3.8, 4) is 0 Å². The molecule has 0 aliphatic carbocycles. The molecule has 0 saturated carbocycles. The highest BCUT2D eigenvalue weighted by atomic mass is 79.9. The van der Waals surface area contributed by atoms with Gasteiger partial charge in [0, 0.05) is 29.0 Å². The van der Waals surface area contributed by atoms with Gasteiger partial charge in [0.25, 0.3) is 5.92 Å². The number of benzene rings is 2. The number of aromatic carboxylic acids is 1. The molecule has 2 aromatic rings. The molecule has 0 radical (unpaired) electrons. The van der Waals surface area contributed by atoms with E-state index < -0.39 is 24.1 Å². The van der Waals surface area contributed by atoms with Crippen LogP contribution in [0.5, 0.6) is 0 Å². The van der Waals surface area contributed by atoms with E-state index in [1.165, 1.54) is 35.2 Å². The van der Waals surface area contributed by atoms with Crippen LogP contribution in [0, 0.1) is 0 Å². The van der Waals surface area contributed by atoms with Gasteiger partial charge >= 0.3 is 12.1 Å². The maximum atomic E-state index is 14.7. The smallest absolute Gasteiger partial charge is 0.410 e. The molecule has 1 fully saturated rings. The van der Waals surface area contributed by atoms with Crippen LogP contribution in [0.3, 0.4) is 0 Å². The van der Waals surface area contributed by atoms with Gasteiger partial charge in [0.15, 0.2) is 0 Å². The van der Waals surface area contributed by atoms with Crippen LogP contribution in [0.4, 0.5) is 13.6 Å². The molecule has 0 spiro atoms. The fourth-order valence-electron chi connectivity index (χ4n) is 3.73. The number of amides is 1. The average Bonchev–Trinajstić information content (AvgIpc) is 2.77. The number of nitrogens with zero attached hydrogens (tertiary/aromatic N) is 1. The number of hydrogen-bond donors (Lipinski definition) is 2.